The maximum Gasteiger partial charge on any atom is 0.348 e. The number of aryl methyl sites for hydroxylation is 1. The number of carbonyl (C=O) groups is 2. The highest BCUT2D eigenvalue weighted by Crippen LogP contribution is 2.35. The molecule has 4 rings (SSSR count). The van der Waals surface area contributed by atoms with Gasteiger partial charge in [-0.25, -0.2) is 9.78 Å². The van der Waals surface area contributed by atoms with Crippen LogP contribution in [0.4, 0.5) is 5.13 Å². The van der Waals surface area contributed by atoms with Gasteiger partial charge in [0, 0.05) is 5.92 Å². The predicted molar refractivity (Wildman–Crippen MR) is 133 cm³/mol. The maximum absolute atomic E-state index is 13.3. The average molecular weight is 504 g/mol. The van der Waals surface area contributed by atoms with Crippen LogP contribution in [0, 0.1) is 6.92 Å². The van der Waals surface area contributed by atoms with E-state index in [9.17, 15) is 14.4 Å². The van der Waals surface area contributed by atoms with Crippen molar-refractivity contribution in [3.05, 3.63) is 32.1 Å². The van der Waals surface area contributed by atoms with Gasteiger partial charge in [-0.1, -0.05) is 37.5 Å². The number of aromatic nitrogens is 4. The molecule has 9 nitrogen and oxygen atoms in total. The third-order valence-electron chi connectivity index (χ3n) is 6.05. The lowest BCUT2D eigenvalue weighted by Crippen LogP contribution is -2.33. The van der Waals surface area contributed by atoms with Crippen molar-refractivity contribution in [1.82, 2.24) is 19.7 Å². The van der Waals surface area contributed by atoms with Crippen LogP contribution in [-0.4, -0.2) is 37.7 Å². The van der Waals surface area contributed by atoms with Crippen molar-refractivity contribution in [2.75, 3.05) is 5.32 Å². The molecule has 1 aliphatic carbocycles. The number of hydrogen-bond donors (Lipinski definition) is 1. The van der Waals surface area contributed by atoms with E-state index >= 15 is 0 Å². The lowest BCUT2D eigenvalue weighted by atomic mass is 9.90. The Morgan fingerprint density at radius 3 is 2.62 bits per heavy atom. The number of rotatable bonds is 7. The molecule has 1 N–H and O–H groups in total. The summed E-state index contributed by atoms with van der Waals surface area (Å²) in [5.41, 5.74) is 0.165. The Kier molecular flexibility index (Phi) is 7.42. The summed E-state index contributed by atoms with van der Waals surface area (Å²) in [6, 6.07) is -0.767. The van der Waals surface area contributed by atoms with Crippen molar-refractivity contribution in [1.29, 1.82) is 0 Å². The second-order valence-electron chi connectivity index (χ2n) is 8.84. The number of thiophene rings is 1. The predicted octanol–water partition coefficient (Wildman–Crippen LogP) is 4.82. The second-order valence-corrected chi connectivity index (χ2v) is 10.8. The molecule has 3 aromatic rings. The highest BCUT2D eigenvalue weighted by molar-refractivity contribution is 7.20. The fourth-order valence-corrected chi connectivity index (χ4v) is 6.26. The summed E-state index contributed by atoms with van der Waals surface area (Å²) in [5.74, 6) is -0.410. The highest BCUT2D eigenvalue weighted by atomic mass is 32.1. The Morgan fingerprint density at radius 1 is 1.21 bits per heavy atom. The number of carbonyl (C=O) groups excluding carboxylic acids is 2. The van der Waals surface area contributed by atoms with E-state index in [1.54, 1.807) is 20.8 Å². The van der Waals surface area contributed by atoms with E-state index in [0.29, 0.717) is 38.1 Å². The molecule has 1 fully saturated rings. The van der Waals surface area contributed by atoms with Gasteiger partial charge in [0.25, 0.3) is 5.56 Å². The number of amides is 1. The number of esters is 1. The molecule has 1 unspecified atom stereocenters. The molecular formula is C23H29N5O4S2. The van der Waals surface area contributed by atoms with Gasteiger partial charge in [0.2, 0.25) is 11.0 Å². The molecule has 11 heteroatoms. The Hall–Kier alpha value is -2.66. The normalized spacial score (nSPS) is 15.6. The zero-order valence-corrected chi connectivity index (χ0v) is 21.4. The van der Waals surface area contributed by atoms with Crippen molar-refractivity contribution >= 4 is 49.9 Å². The van der Waals surface area contributed by atoms with E-state index in [1.807, 2.05) is 6.92 Å². The summed E-state index contributed by atoms with van der Waals surface area (Å²) in [6.07, 6.45) is 7.35. The fourth-order valence-electron chi connectivity index (χ4n) is 4.32. The van der Waals surface area contributed by atoms with E-state index in [4.69, 9.17) is 4.74 Å². The van der Waals surface area contributed by atoms with Crippen LogP contribution >= 0.6 is 22.7 Å². The molecule has 0 saturated heterocycles. The van der Waals surface area contributed by atoms with E-state index in [0.717, 1.165) is 29.2 Å². The minimum absolute atomic E-state index is 0.270. The van der Waals surface area contributed by atoms with Crippen molar-refractivity contribution in [3.63, 3.8) is 0 Å². The topological polar surface area (TPSA) is 116 Å². The Labute approximate surface area is 205 Å². The van der Waals surface area contributed by atoms with Crippen LogP contribution in [0.25, 0.3) is 10.2 Å². The van der Waals surface area contributed by atoms with Gasteiger partial charge >= 0.3 is 5.97 Å². The number of nitrogens with zero attached hydrogens (tertiary/aromatic N) is 4. The molecule has 3 aromatic heterocycles. The first-order valence-electron chi connectivity index (χ1n) is 11.7. The van der Waals surface area contributed by atoms with Crippen LogP contribution in [0.5, 0.6) is 0 Å². The Morgan fingerprint density at radius 2 is 1.94 bits per heavy atom. The largest absolute Gasteiger partial charge is 0.459 e. The van der Waals surface area contributed by atoms with Crippen LogP contribution in [-0.2, 0) is 9.53 Å². The van der Waals surface area contributed by atoms with Gasteiger partial charge in [-0.2, -0.15) is 0 Å². The van der Waals surface area contributed by atoms with Gasteiger partial charge in [0.05, 0.1) is 17.8 Å². The smallest absolute Gasteiger partial charge is 0.348 e. The summed E-state index contributed by atoms with van der Waals surface area (Å²) in [6.45, 7) is 7.08. The van der Waals surface area contributed by atoms with Gasteiger partial charge in [0.15, 0.2) is 0 Å². The molecule has 3 heterocycles. The molecule has 34 heavy (non-hydrogen) atoms. The van der Waals surface area contributed by atoms with Crippen LogP contribution in [0.2, 0.25) is 0 Å². The lowest BCUT2D eigenvalue weighted by Gasteiger charge is -2.18. The van der Waals surface area contributed by atoms with E-state index < -0.39 is 12.0 Å². The molecule has 0 aromatic carbocycles. The van der Waals surface area contributed by atoms with Gasteiger partial charge in [0.1, 0.15) is 20.8 Å². The van der Waals surface area contributed by atoms with Gasteiger partial charge < -0.3 is 4.74 Å². The monoisotopic (exact) mass is 503 g/mol. The molecule has 0 bridgehead atoms. The van der Waals surface area contributed by atoms with Gasteiger partial charge in [-0.05, 0) is 45.6 Å². The number of hydrogen-bond acceptors (Lipinski definition) is 9. The van der Waals surface area contributed by atoms with Gasteiger partial charge in [-0.15, -0.1) is 21.5 Å². The van der Waals surface area contributed by atoms with Crippen molar-refractivity contribution in [3.8, 4) is 0 Å². The molecular weight excluding hydrogens is 474 g/mol. The van der Waals surface area contributed by atoms with Crippen LogP contribution in [0.1, 0.15) is 91.5 Å². The molecule has 0 aliphatic heterocycles. The molecule has 182 valence electrons. The summed E-state index contributed by atoms with van der Waals surface area (Å²) in [4.78, 5) is 44.1. The molecule has 1 aliphatic rings. The van der Waals surface area contributed by atoms with Crippen LogP contribution in [0.3, 0.4) is 0 Å². The summed E-state index contributed by atoms with van der Waals surface area (Å²) >= 11 is 2.53. The zero-order valence-electron chi connectivity index (χ0n) is 19.8. The van der Waals surface area contributed by atoms with Crippen molar-refractivity contribution in [2.45, 2.75) is 84.3 Å². The van der Waals surface area contributed by atoms with E-state index in [2.05, 4.69) is 20.5 Å². The number of nitrogens with one attached hydrogen (secondary N) is 1. The fraction of sp³-hybridized carbons (Fsp3) is 0.565. The molecule has 1 amide bonds. The molecule has 0 radical (unpaired) electrons. The zero-order chi connectivity index (χ0) is 24.4. The summed E-state index contributed by atoms with van der Waals surface area (Å²) in [5, 5.41) is 13.0. The second kappa shape index (κ2) is 10.3. The van der Waals surface area contributed by atoms with Gasteiger partial charge in [-0.3, -0.25) is 19.5 Å². The first kappa shape index (κ1) is 24.5. The minimum Gasteiger partial charge on any atom is -0.459 e. The Bertz CT molecular complexity index is 1260. The SMILES string of the molecule is CCC(C(=O)Nc1nnc(C2CCCCC2)s1)n1cnc2sc(C(=O)OC(C)C)c(C)c2c1=O. The van der Waals surface area contributed by atoms with E-state index in [1.165, 1.54) is 41.5 Å². The number of fused-ring (bicyclic) bond motifs is 1. The lowest BCUT2D eigenvalue weighted by molar-refractivity contribution is -0.119. The molecule has 0 spiro atoms. The third kappa shape index (κ3) is 4.90. The Balaban J connectivity index is 1.58. The number of anilines is 1. The molecule has 1 atom stereocenters. The first-order chi connectivity index (χ1) is 16.3. The van der Waals surface area contributed by atoms with E-state index in [-0.39, 0.29) is 17.6 Å². The standard InChI is InChI=1S/C23H29N5O4S2/c1-5-15(18(29)25-23-27-26-19(34-23)14-9-7-6-8-10-14)28-11-24-20-16(21(28)30)13(4)17(33-20)22(31)32-12(2)3/h11-12,14-15H,5-10H2,1-4H3,(H,25,27,29). The quantitative estimate of drug-likeness (QED) is 0.459. The summed E-state index contributed by atoms with van der Waals surface area (Å²) < 4.78 is 6.63. The van der Waals surface area contributed by atoms with Crippen LogP contribution < -0.4 is 10.9 Å². The maximum atomic E-state index is 13.3. The molecule has 1 saturated carbocycles. The van der Waals surface area contributed by atoms with Crippen LogP contribution in [0.15, 0.2) is 11.1 Å². The summed E-state index contributed by atoms with van der Waals surface area (Å²) in [7, 11) is 0. The first-order valence-corrected chi connectivity index (χ1v) is 13.3. The third-order valence-corrected chi connectivity index (χ3v) is 8.24. The number of ether oxygens (including phenoxy) is 1. The minimum atomic E-state index is -0.767. The van der Waals surface area contributed by atoms with Crippen molar-refractivity contribution < 1.29 is 14.3 Å². The highest BCUT2D eigenvalue weighted by Gasteiger charge is 2.26. The average Bonchev–Trinajstić information content (AvgIpc) is 3.41. The van der Waals surface area contributed by atoms with Crippen molar-refractivity contribution in [2.24, 2.45) is 0 Å².